The Labute approximate surface area is 201 Å². The molecule has 0 saturated heterocycles. The number of methoxy groups -OCH3 is 1. The quantitative estimate of drug-likeness (QED) is 0.218. The minimum atomic E-state index is -3.90. The SMILES string of the molecule is COc1cc(/C=N\NC(=O)[C@@H](NS(=O)(=O)c2ccc(C)cc2)C(C)C)cc(Br)c1OC(C)=O. The molecule has 0 fully saturated rings. The molecule has 0 bridgehead atoms. The van der Waals surface area contributed by atoms with Crippen LogP contribution in [0.3, 0.4) is 0 Å². The van der Waals surface area contributed by atoms with Gasteiger partial charge < -0.3 is 9.47 Å². The summed E-state index contributed by atoms with van der Waals surface area (Å²) in [6.07, 6.45) is 1.36. The van der Waals surface area contributed by atoms with Crippen molar-refractivity contribution in [3.05, 3.63) is 52.0 Å². The average molecular weight is 540 g/mol. The highest BCUT2D eigenvalue weighted by Gasteiger charge is 2.28. The lowest BCUT2D eigenvalue weighted by molar-refractivity contribution is -0.132. The molecule has 11 heteroatoms. The van der Waals surface area contributed by atoms with Crippen LogP contribution in [0.15, 0.2) is 50.9 Å². The summed E-state index contributed by atoms with van der Waals surface area (Å²) in [4.78, 5) is 24.0. The smallest absolute Gasteiger partial charge is 0.308 e. The van der Waals surface area contributed by atoms with Crippen molar-refractivity contribution in [3.63, 3.8) is 0 Å². The number of carbonyl (C=O) groups excluding carboxylic acids is 2. The van der Waals surface area contributed by atoms with Gasteiger partial charge in [-0.3, -0.25) is 9.59 Å². The van der Waals surface area contributed by atoms with Gasteiger partial charge in [0.2, 0.25) is 10.0 Å². The molecule has 0 unspecified atom stereocenters. The summed E-state index contributed by atoms with van der Waals surface area (Å²) in [6, 6.07) is 8.48. The number of hydrogen-bond donors (Lipinski definition) is 2. The monoisotopic (exact) mass is 539 g/mol. The van der Waals surface area contributed by atoms with Gasteiger partial charge in [0.1, 0.15) is 6.04 Å². The first-order valence-corrected chi connectivity index (χ1v) is 12.2. The van der Waals surface area contributed by atoms with E-state index in [1.807, 2.05) is 6.92 Å². The predicted octanol–water partition coefficient (Wildman–Crippen LogP) is 3.14. The number of esters is 1. The topological polar surface area (TPSA) is 123 Å². The number of amides is 1. The molecule has 0 saturated carbocycles. The fourth-order valence-electron chi connectivity index (χ4n) is 2.74. The summed E-state index contributed by atoms with van der Waals surface area (Å²) < 4.78 is 38.6. The van der Waals surface area contributed by atoms with Gasteiger partial charge in [-0.25, -0.2) is 13.8 Å². The van der Waals surface area contributed by atoms with E-state index in [9.17, 15) is 18.0 Å². The van der Waals surface area contributed by atoms with Crippen molar-refractivity contribution in [1.82, 2.24) is 10.1 Å². The Kier molecular flexibility index (Phi) is 9.15. The number of carbonyl (C=O) groups is 2. The van der Waals surface area contributed by atoms with E-state index in [1.165, 1.54) is 32.4 Å². The lowest BCUT2D eigenvalue weighted by Crippen LogP contribution is -2.48. The number of benzene rings is 2. The first-order valence-electron chi connectivity index (χ1n) is 9.92. The third kappa shape index (κ3) is 7.37. The number of hydrazone groups is 1. The molecule has 0 aliphatic rings. The Morgan fingerprint density at radius 3 is 2.33 bits per heavy atom. The zero-order valence-electron chi connectivity index (χ0n) is 18.9. The van der Waals surface area contributed by atoms with Crippen LogP contribution in [0.4, 0.5) is 0 Å². The largest absolute Gasteiger partial charge is 0.493 e. The molecule has 0 aliphatic heterocycles. The van der Waals surface area contributed by atoms with Gasteiger partial charge in [0, 0.05) is 6.92 Å². The van der Waals surface area contributed by atoms with E-state index in [1.54, 1.807) is 38.1 Å². The second-order valence-corrected chi connectivity index (χ2v) is 10.1. The zero-order chi connectivity index (χ0) is 24.8. The number of nitrogens with one attached hydrogen (secondary N) is 2. The number of sulfonamides is 1. The number of nitrogens with zero attached hydrogens (tertiary/aromatic N) is 1. The van der Waals surface area contributed by atoms with Crippen LogP contribution in [0, 0.1) is 12.8 Å². The molecule has 178 valence electrons. The summed E-state index contributed by atoms with van der Waals surface area (Å²) in [6.45, 7) is 6.57. The summed E-state index contributed by atoms with van der Waals surface area (Å²) >= 11 is 3.31. The number of ether oxygens (including phenoxy) is 2. The highest BCUT2D eigenvalue weighted by atomic mass is 79.9. The first kappa shape index (κ1) is 26.5. The van der Waals surface area contributed by atoms with Crippen molar-refractivity contribution < 1.29 is 27.5 Å². The normalized spacial score (nSPS) is 12.6. The Morgan fingerprint density at radius 2 is 1.79 bits per heavy atom. The van der Waals surface area contributed by atoms with Crippen molar-refractivity contribution in [2.75, 3.05) is 7.11 Å². The fraction of sp³-hybridized carbons (Fsp3) is 0.318. The second-order valence-electron chi connectivity index (χ2n) is 7.52. The molecule has 1 amide bonds. The molecule has 2 rings (SSSR count). The Balaban J connectivity index is 2.16. The van der Waals surface area contributed by atoms with Crippen LogP contribution in [0.25, 0.3) is 0 Å². The number of rotatable bonds is 9. The van der Waals surface area contributed by atoms with E-state index in [0.717, 1.165) is 5.56 Å². The van der Waals surface area contributed by atoms with Crippen molar-refractivity contribution >= 4 is 44.0 Å². The highest BCUT2D eigenvalue weighted by Crippen LogP contribution is 2.36. The second kappa shape index (κ2) is 11.4. The Morgan fingerprint density at radius 1 is 1.15 bits per heavy atom. The van der Waals surface area contributed by atoms with Crippen LogP contribution < -0.4 is 19.6 Å². The van der Waals surface area contributed by atoms with E-state index in [0.29, 0.717) is 15.8 Å². The Hall–Kier alpha value is -2.76. The third-order valence-corrected chi connectivity index (χ3v) is 6.49. The summed E-state index contributed by atoms with van der Waals surface area (Å²) in [5, 5.41) is 3.92. The van der Waals surface area contributed by atoms with Gasteiger partial charge in [-0.2, -0.15) is 9.82 Å². The first-order chi connectivity index (χ1) is 15.4. The molecule has 0 aromatic heterocycles. The van der Waals surface area contributed by atoms with Crippen LogP contribution in [0.2, 0.25) is 0 Å². The molecular weight excluding hydrogens is 514 g/mol. The van der Waals surface area contributed by atoms with Gasteiger partial charge in [0.15, 0.2) is 11.5 Å². The van der Waals surface area contributed by atoms with Crippen LogP contribution in [0.1, 0.15) is 31.9 Å². The van der Waals surface area contributed by atoms with Crippen LogP contribution in [0.5, 0.6) is 11.5 Å². The number of aryl methyl sites for hydroxylation is 1. The minimum Gasteiger partial charge on any atom is -0.493 e. The van der Waals surface area contributed by atoms with E-state index in [4.69, 9.17) is 9.47 Å². The molecule has 2 N–H and O–H groups in total. The molecular formula is C22H26BrN3O6S. The van der Waals surface area contributed by atoms with Gasteiger partial charge in [-0.15, -0.1) is 0 Å². The van der Waals surface area contributed by atoms with E-state index in [-0.39, 0.29) is 16.6 Å². The Bertz CT molecular complexity index is 1150. The van der Waals surface area contributed by atoms with Crippen molar-refractivity contribution in [1.29, 1.82) is 0 Å². The van der Waals surface area contributed by atoms with Gasteiger partial charge in [-0.05, 0) is 58.6 Å². The molecule has 0 aliphatic carbocycles. The van der Waals surface area contributed by atoms with Crippen LogP contribution in [-0.2, 0) is 19.6 Å². The molecule has 9 nitrogen and oxygen atoms in total. The van der Waals surface area contributed by atoms with Gasteiger partial charge >= 0.3 is 5.97 Å². The fourth-order valence-corrected chi connectivity index (χ4v) is 4.63. The summed E-state index contributed by atoms with van der Waals surface area (Å²) in [7, 11) is -2.48. The molecule has 2 aromatic carbocycles. The van der Waals surface area contributed by atoms with Gasteiger partial charge in [0.05, 0.1) is 22.7 Å². The zero-order valence-corrected chi connectivity index (χ0v) is 21.3. The van der Waals surface area contributed by atoms with Crippen molar-refractivity contribution in [2.45, 2.75) is 38.6 Å². The molecule has 1 atom stereocenters. The number of halogens is 1. The van der Waals surface area contributed by atoms with Crippen LogP contribution >= 0.6 is 15.9 Å². The summed E-state index contributed by atoms with van der Waals surface area (Å²) in [5.74, 6) is -0.942. The van der Waals surface area contributed by atoms with Gasteiger partial charge in [0.25, 0.3) is 5.91 Å². The molecule has 2 aromatic rings. The van der Waals surface area contributed by atoms with E-state index >= 15 is 0 Å². The average Bonchev–Trinajstić information content (AvgIpc) is 2.73. The lowest BCUT2D eigenvalue weighted by Gasteiger charge is -2.20. The predicted molar refractivity (Wildman–Crippen MR) is 128 cm³/mol. The maximum absolute atomic E-state index is 12.7. The highest BCUT2D eigenvalue weighted by molar-refractivity contribution is 9.10. The summed E-state index contributed by atoms with van der Waals surface area (Å²) in [5.41, 5.74) is 3.82. The number of hydrogen-bond acceptors (Lipinski definition) is 7. The standard InChI is InChI=1S/C22H26BrN3O6S/c1-13(2)20(26-33(29,30)17-8-6-14(3)7-9-17)22(28)25-24-12-16-10-18(23)21(32-15(4)27)19(11-16)31-5/h6-13,20,26H,1-5H3,(H,25,28)/b24-12-/t20-/m0/s1. The van der Waals surface area contributed by atoms with Crippen molar-refractivity contribution in [3.8, 4) is 11.5 Å². The molecule has 0 spiro atoms. The maximum Gasteiger partial charge on any atom is 0.308 e. The van der Waals surface area contributed by atoms with E-state index in [2.05, 4.69) is 31.2 Å². The molecule has 33 heavy (non-hydrogen) atoms. The molecule has 0 radical (unpaired) electrons. The lowest BCUT2D eigenvalue weighted by atomic mass is 10.1. The van der Waals surface area contributed by atoms with E-state index < -0.39 is 27.9 Å². The van der Waals surface area contributed by atoms with Gasteiger partial charge in [-0.1, -0.05) is 31.5 Å². The minimum absolute atomic E-state index is 0.0693. The third-order valence-electron chi connectivity index (χ3n) is 4.45. The van der Waals surface area contributed by atoms with Crippen LogP contribution in [-0.4, -0.2) is 39.7 Å². The molecule has 0 heterocycles. The maximum atomic E-state index is 12.7. The van der Waals surface area contributed by atoms with Crippen molar-refractivity contribution in [2.24, 2.45) is 11.0 Å².